The fourth-order valence-corrected chi connectivity index (χ4v) is 2.42. The maximum Gasteiger partial charge on any atom is 0.0315 e. The first-order valence-electron chi connectivity index (χ1n) is 6.32. The molecule has 0 bridgehead atoms. The second kappa shape index (κ2) is 4.96. The van der Waals surface area contributed by atoms with Crippen molar-refractivity contribution in [2.45, 2.75) is 45.7 Å². The van der Waals surface area contributed by atoms with Crippen molar-refractivity contribution >= 4 is 0 Å². The Bertz CT molecular complexity index is 315. The lowest BCUT2D eigenvalue weighted by Gasteiger charge is -2.40. The fourth-order valence-electron chi connectivity index (χ4n) is 2.42. The summed E-state index contributed by atoms with van der Waals surface area (Å²) in [7, 11) is 0. The van der Waals surface area contributed by atoms with Crippen LogP contribution in [0.1, 0.15) is 45.2 Å². The molecule has 0 aliphatic heterocycles. The summed E-state index contributed by atoms with van der Waals surface area (Å²) >= 11 is 0. The van der Waals surface area contributed by atoms with E-state index in [1.165, 1.54) is 18.4 Å². The van der Waals surface area contributed by atoms with Crippen molar-refractivity contribution in [1.29, 1.82) is 0 Å². The van der Waals surface area contributed by atoms with Crippen LogP contribution in [0.2, 0.25) is 0 Å². The first-order valence-corrected chi connectivity index (χ1v) is 6.32. The Kier molecular flexibility index (Phi) is 3.59. The summed E-state index contributed by atoms with van der Waals surface area (Å²) < 4.78 is 0. The lowest BCUT2D eigenvalue weighted by atomic mass is 9.73. The molecule has 2 rings (SSSR count). The molecule has 0 amide bonds. The lowest BCUT2D eigenvalue weighted by Crippen LogP contribution is -2.43. The van der Waals surface area contributed by atoms with Crippen molar-refractivity contribution in [3.8, 4) is 0 Å². The van der Waals surface area contributed by atoms with Gasteiger partial charge in [-0.1, -0.05) is 19.9 Å². The summed E-state index contributed by atoms with van der Waals surface area (Å²) in [5.74, 6) is 1.77. The average Bonchev–Trinajstić information content (AvgIpc) is 2.23. The topological polar surface area (TPSA) is 24.9 Å². The van der Waals surface area contributed by atoms with E-state index in [1.54, 1.807) is 0 Å². The zero-order chi connectivity index (χ0) is 11.5. The van der Waals surface area contributed by atoms with Crippen molar-refractivity contribution in [3.05, 3.63) is 30.1 Å². The number of nitrogens with one attached hydrogen (secondary N) is 1. The number of nitrogens with zero attached hydrogens (tertiary/aromatic N) is 1. The van der Waals surface area contributed by atoms with E-state index in [0.717, 1.165) is 11.8 Å². The van der Waals surface area contributed by atoms with E-state index >= 15 is 0 Å². The Balaban J connectivity index is 1.80. The molecule has 0 saturated heterocycles. The van der Waals surface area contributed by atoms with Gasteiger partial charge < -0.3 is 5.32 Å². The van der Waals surface area contributed by atoms with Gasteiger partial charge in [0.05, 0.1) is 0 Å². The highest BCUT2D eigenvalue weighted by Crippen LogP contribution is 2.34. The lowest BCUT2D eigenvalue weighted by molar-refractivity contribution is 0.159. The molecule has 16 heavy (non-hydrogen) atoms. The molecule has 2 nitrogen and oxygen atoms in total. The van der Waals surface area contributed by atoms with Gasteiger partial charge in [0.1, 0.15) is 0 Å². The molecule has 88 valence electrons. The molecular formula is C14H22N2. The van der Waals surface area contributed by atoms with Crippen LogP contribution in [0.15, 0.2) is 24.5 Å². The van der Waals surface area contributed by atoms with Crippen LogP contribution < -0.4 is 5.32 Å². The smallest absolute Gasteiger partial charge is 0.0315 e. The van der Waals surface area contributed by atoms with Gasteiger partial charge >= 0.3 is 0 Å². The van der Waals surface area contributed by atoms with Crippen molar-refractivity contribution in [2.75, 3.05) is 0 Å². The molecule has 1 aromatic heterocycles. The van der Waals surface area contributed by atoms with Crippen LogP contribution in [-0.2, 0) is 0 Å². The molecule has 1 atom stereocenters. The SMILES string of the molecule is CC(C)C1CC(N[C@H](C)c2cccnc2)C1. The first-order chi connectivity index (χ1) is 7.66. The Labute approximate surface area is 98.5 Å². The number of aromatic nitrogens is 1. The van der Waals surface area contributed by atoms with Crippen LogP contribution in [0.4, 0.5) is 0 Å². The van der Waals surface area contributed by atoms with E-state index in [0.29, 0.717) is 12.1 Å². The fraction of sp³-hybridized carbons (Fsp3) is 0.643. The van der Waals surface area contributed by atoms with Gasteiger partial charge in [0.2, 0.25) is 0 Å². The quantitative estimate of drug-likeness (QED) is 0.839. The molecule has 1 aliphatic rings. The van der Waals surface area contributed by atoms with E-state index in [9.17, 15) is 0 Å². The van der Waals surface area contributed by atoms with E-state index in [4.69, 9.17) is 0 Å². The predicted octanol–water partition coefficient (Wildman–Crippen LogP) is 3.17. The normalized spacial score (nSPS) is 26.5. The van der Waals surface area contributed by atoms with Crippen LogP contribution in [0, 0.1) is 11.8 Å². The first kappa shape index (κ1) is 11.6. The summed E-state index contributed by atoms with van der Waals surface area (Å²) in [5, 5.41) is 3.68. The maximum absolute atomic E-state index is 4.16. The van der Waals surface area contributed by atoms with Crippen molar-refractivity contribution in [1.82, 2.24) is 10.3 Å². The monoisotopic (exact) mass is 218 g/mol. The number of hydrogen-bond donors (Lipinski definition) is 1. The third kappa shape index (κ3) is 2.62. The molecule has 0 unspecified atom stereocenters. The van der Waals surface area contributed by atoms with Crippen LogP contribution in [0.3, 0.4) is 0 Å². The molecule has 1 heterocycles. The van der Waals surface area contributed by atoms with Crippen molar-refractivity contribution in [3.63, 3.8) is 0 Å². The minimum atomic E-state index is 0.423. The molecule has 0 spiro atoms. The highest BCUT2D eigenvalue weighted by atomic mass is 15.0. The summed E-state index contributed by atoms with van der Waals surface area (Å²) in [6.07, 6.45) is 6.45. The third-order valence-electron chi connectivity index (χ3n) is 3.79. The Morgan fingerprint density at radius 1 is 1.31 bits per heavy atom. The molecule has 0 aromatic carbocycles. The van der Waals surface area contributed by atoms with Crippen LogP contribution in [0.5, 0.6) is 0 Å². The molecule has 1 aromatic rings. The number of hydrogen-bond acceptors (Lipinski definition) is 2. The largest absolute Gasteiger partial charge is 0.307 e. The average molecular weight is 218 g/mol. The zero-order valence-corrected chi connectivity index (χ0v) is 10.5. The number of rotatable bonds is 4. The molecule has 1 fully saturated rings. The van der Waals surface area contributed by atoms with Crippen LogP contribution in [0.25, 0.3) is 0 Å². The van der Waals surface area contributed by atoms with Gasteiger partial charge in [-0.15, -0.1) is 0 Å². The minimum absolute atomic E-state index is 0.423. The Hall–Kier alpha value is -0.890. The molecule has 1 saturated carbocycles. The van der Waals surface area contributed by atoms with Gasteiger partial charge in [-0.3, -0.25) is 4.98 Å². The molecule has 2 heteroatoms. The summed E-state index contributed by atoms with van der Waals surface area (Å²) in [4.78, 5) is 4.16. The molecule has 0 radical (unpaired) electrons. The van der Waals surface area contributed by atoms with Gasteiger partial charge in [0, 0.05) is 24.5 Å². The van der Waals surface area contributed by atoms with Gasteiger partial charge in [-0.2, -0.15) is 0 Å². The second-order valence-corrected chi connectivity index (χ2v) is 5.35. The second-order valence-electron chi connectivity index (χ2n) is 5.35. The minimum Gasteiger partial charge on any atom is -0.307 e. The van der Waals surface area contributed by atoms with Crippen LogP contribution in [-0.4, -0.2) is 11.0 Å². The van der Waals surface area contributed by atoms with E-state index in [1.807, 2.05) is 18.5 Å². The summed E-state index contributed by atoms with van der Waals surface area (Å²) in [6, 6.07) is 5.28. The maximum atomic E-state index is 4.16. The molecule has 1 N–H and O–H groups in total. The van der Waals surface area contributed by atoms with Crippen molar-refractivity contribution < 1.29 is 0 Å². The van der Waals surface area contributed by atoms with E-state index in [-0.39, 0.29) is 0 Å². The highest BCUT2D eigenvalue weighted by Gasteiger charge is 2.31. The Morgan fingerprint density at radius 3 is 2.62 bits per heavy atom. The third-order valence-corrected chi connectivity index (χ3v) is 3.79. The molecular weight excluding hydrogens is 196 g/mol. The van der Waals surface area contributed by atoms with Crippen molar-refractivity contribution in [2.24, 2.45) is 11.8 Å². The van der Waals surface area contributed by atoms with Crippen LogP contribution >= 0.6 is 0 Å². The number of pyridine rings is 1. The standard InChI is InChI=1S/C14H22N2/c1-10(2)13-7-14(8-13)16-11(3)12-5-4-6-15-9-12/h4-6,9-11,13-14,16H,7-8H2,1-3H3/t11-,13?,14?/m1/s1. The van der Waals surface area contributed by atoms with E-state index < -0.39 is 0 Å². The molecule has 1 aliphatic carbocycles. The Morgan fingerprint density at radius 2 is 2.06 bits per heavy atom. The van der Waals surface area contributed by atoms with Gasteiger partial charge in [0.15, 0.2) is 0 Å². The summed E-state index contributed by atoms with van der Waals surface area (Å²) in [6.45, 7) is 6.87. The van der Waals surface area contributed by atoms with Gasteiger partial charge in [-0.25, -0.2) is 0 Å². The van der Waals surface area contributed by atoms with E-state index in [2.05, 4.69) is 37.1 Å². The zero-order valence-electron chi connectivity index (χ0n) is 10.5. The highest BCUT2D eigenvalue weighted by molar-refractivity contribution is 5.13. The van der Waals surface area contributed by atoms with Gasteiger partial charge in [-0.05, 0) is 43.2 Å². The predicted molar refractivity (Wildman–Crippen MR) is 67.1 cm³/mol. The van der Waals surface area contributed by atoms with Gasteiger partial charge in [0.25, 0.3) is 0 Å². The summed E-state index contributed by atoms with van der Waals surface area (Å²) in [5.41, 5.74) is 1.29.